The number of rotatable bonds is 8. The predicted octanol–water partition coefficient (Wildman–Crippen LogP) is 1.83. The van der Waals surface area contributed by atoms with Crippen molar-refractivity contribution in [1.82, 2.24) is 5.32 Å². The maximum atomic E-state index is 11.7. The SMILES string of the molecule is CCOc1ccc(OCC(=O)NC(C)(C)CC(=O)O)cc1. The molecule has 0 radical (unpaired) electrons. The first-order valence-electron chi connectivity index (χ1n) is 6.71. The fraction of sp³-hybridized carbons (Fsp3) is 0.467. The molecule has 0 aliphatic rings. The van der Waals surface area contributed by atoms with Crippen LogP contribution in [0.1, 0.15) is 27.2 Å². The number of hydrogen-bond acceptors (Lipinski definition) is 4. The molecule has 0 fully saturated rings. The molecule has 1 rings (SSSR count). The Morgan fingerprint density at radius 1 is 1.14 bits per heavy atom. The molecule has 0 atom stereocenters. The van der Waals surface area contributed by atoms with Crippen LogP contribution in [0, 0.1) is 0 Å². The van der Waals surface area contributed by atoms with Crippen molar-refractivity contribution in [2.24, 2.45) is 0 Å². The number of amides is 1. The normalized spacial score (nSPS) is 10.8. The van der Waals surface area contributed by atoms with Crippen LogP contribution in [0.25, 0.3) is 0 Å². The number of aliphatic carboxylic acids is 1. The Bertz CT molecular complexity index is 481. The number of carboxylic acid groups (broad SMARTS) is 1. The summed E-state index contributed by atoms with van der Waals surface area (Å²) in [5, 5.41) is 11.4. The van der Waals surface area contributed by atoms with Gasteiger partial charge >= 0.3 is 5.97 Å². The van der Waals surface area contributed by atoms with Gasteiger partial charge in [0.15, 0.2) is 6.61 Å². The van der Waals surface area contributed by atoms with Gasteiger partial charge < -0.3 is 19.9 Å². The molecular formula is C15H21NO5. The highest BCUT2D eigenvalue weighted by molar-refractivity contribution is 5.79. The zero-order chi connectivity index (χ0) is 15.9. The molecule has 1 aromatic rings. The van der Waals surface area contributed by atoms with E-state index in [2.05, 4.69) is 5.32 Å². The molecular weight excluding hydrogens is 274 g/mol. The lowest BCUT2D eigenvalue weighted by Crippen LogP contribution is -2.46. The van der Waals surface area contributed by atoms with E-state index in [-0.39, 0.29) is 18.9 Å². The molecule has 0 aliphatic heterocycles. The molecule has 0 heterocycles. The van der Waals surface area contributed by atoms with Crippen LogP contribution in [0.4, 0.5) is 0 Å². The second kappa shape index (κ2) is 7.52. The number of carboxylic acids is 1. The summed E-state index contributed by atoms with van der Waals surface area (Å²) in [5.74, 6) is -0.0515. The molecule has 0 spiro atoms. The molecule has 0 aliphatic carbocycles. The summed E-state index contributed by atoms with van der Waals surface area (Å²) >= 11 is 0. The fourth-order valence-corrected chi connectivity index (χ4v) is 1.78. The lowest BCUT2D eigenvalue weighted by atomic mass is 10.0. The minimum absolute atomic E-state index is 0.151. The van der Waals surface area contributed by atoms with Gasteiger partial charge in [-0.1, -0.05) is 0 Å². The van der Waals surface area contributed by atoms with Crippen molar-refractivity contribution >= 4 is 11.9 Å². The van der Waals surface area contributed by atoms with E-state index in [0.29, 0.717) is 12.4 Å². The smallest absolute Gasteiger partial charge is 0.305 e. The van der Waals surface area contributed by atoms with E-state index in [1.165, 1.54) is 0 Å². The summed E-state index contributed by atoms with van der Waals surface area (Å²) in [6.07, 6.45) is -0.151. The van der Waals surface area contributed by atoms with Crippen molar-refractivity contribution in [3.8, 4) is 11.5 Å². The number of nitrogens with one attached hydrogen (secondary N) is 1. The fourth-order valence-electron chi connectivity index (χ4n) is 1.78. The molecule has 1 amide bonds. The van der Waals surface area contributed by atoms with Crippen LogP contribution >= 0.6 is 0 Å². The first-order valence-corrected chi connectivity index (χ1v) is 6.71. The number of carbonyl (C=O) groups is 2. The third-order valence-electron chi connectivity index (χ3n) is 2.58. The first kappa shape index (κ1) is 16.8. The Hall–Kier alpha value is -2.24. The van der Waals surface area contributed by atoms with E-state index in [4.69, 9.17) is 14.6 Å². The van der Waals surface area contributed by atoms with Crippen LogP contribution in [0.3, 0.4) is 0 Å². The molecule has 21 heavy (non-hydrogen) atoms. The van der Waals surface area contributed by atoms with Crippen molar-refractivity contribution in [2.75, 3.05) is 13.2 Å². The van der Waals surface area contributed by atoms with Gasteiger partial charge in [-0.05, 0) is 45.0 Å². The van der Waals surface area contributed by atoms with E-state index in [9.17, 15) is 9.59 Å². The maximum Gasteiger partial charge on any atom is 0.305 e. The zero-order valence-corrected chi connectivity index (χ0v) is 12.5. The highest BCUT2D eigenvalue weighted by Crippen LogP contribution is 2.17. The van der Waals surface area contributed by atoms with Gasteiger partial charge in [0.25, 0.3) is 5.91 Å². The molecule has 0 unspecified atom stereocenters. The summed E-state index contributed by atoms with van der Waals surface area (Å²) < 4.78 is 10.6. The third kappa shape index (κ3) is 6.65. The molecule has 2 N–H and O–H groups in total. The second-order valence-electron chi connectivity index (χ2n) is 5.20. The standard InChI is InChI=1S/C15H21NO5/c1-4-20-11-5-7-12(8-6-11)21-10-13(17)16-15(2,3)9-14(18)19/h5-8H,4,9-10H2,1-3H3,(H,16,17)(H,18,19). The van der Waals surface area contributed by atoms with E-state index >= 15 is 0 Å². The average Bonchev–Trinajstić information content (AvgIpc) is 2.36. The van der Waals surface area contributed by atoms with Crippen molar-refractivity contribution in [1.29, 1.82) is 0 Å². The van der Waals surface area contributed by atoms with Gasteiger partial charge in [-0.15, -0.1) is 0 Å². The van der Waals surface area contributed by atoms with Crippen molar-refractivity contribution in [3.63, 3.8) is 0 Å². The van der Waals surface area contributed by atoms with Crippen molar-refractivity contribution in [3.05, 3.63) is 24.3 Å². The van der Waals surface area contributed by atoms with Gasteiger partial charge in [-0.25, -0.2) is 0 Å². The predicted molar refractivity (Wildman–Crippen MR) is 77.6 cm³/mol. The number of hydrogen-bond donors (Lipinski definition) is 2. The summed E-state index contributed by atoms with van der Waals surface area (Å²) in [6.45, 7) is 5.61. The van der Waals surface area contributed by atoms with Crippen molar-refractivity contribution < 1.29 is 24.2 Å². The Labute approximate surface area is 124 Å². The monoisotopic (exact) mass is 295 g/mol. The van der Waals surface area contributed by atoms with Crippen LogP contribution in [0.2, 0.25) is 0 Å². The lowest BCUT2D eigenvalue weighted by Gasteiger charge is -2.24. The first-order chi connectivity index (χ1) is 9.82. The maximum absolute atomic E-state index is 11.7. The topological polar surface area (TPSA) is 84.9 Å². The van der Waals surface area contributed by atoms with Gasteiger partial charge in [0.1, 0.15) is 11.5 Å². The minimum atomic E-state index is -0.965. The highest BCUT2D eigenvalue weighted by Gasteiger charge is 2.23. The Morgan fingerprint density at radius 2 is 1.67 bits per heavy atom. The molecule has 1 aromatic carbocycles. The summed E-state index contributed by atoms with van der Waals surface area (Å²) in [5.41, 5.74) is -0.814. The second-order valence-corrected chi connectivity index (χ2v) is 5.20. The Balaban J connectivity index is 2.43. The molecule has 6 nitrogen and oxygen atoms in total. The van der Waals surface area contributed by atoms with Crippen LogP contribution in [0.5, 0.6) is 11.5 Å². The van der Waals surface area contributed by atoms with Gasteiger partial charge in [0.2, 0.25) is 0 Å². The van der Waals surface area contributed by atoms with Crippen LogP contribution in [-0.4, -0.2) is 35.7 Å². The zero-order valence-electron chi connectivity index (χ0n) is 12.5. The molecule has 0 aromatic heterocycles. The Morgan fingerprint density at radius 3 is 2.14 bits per heavy atom. The number of carbonyl (C=O) groups excluding carboxylic acids is 1. The molecule has 116 valence electrons. The molecule has 0 bridgehead atoms. The third-order valence-corrected chi connectivity index (χ3v) is 2.58. The molecule has 6 heteroatoms. The van der Waals surface area contributed by atoms with E-state index in [1.807, 2.05) is 6.92 Å². The van der Waals surface area contributed by atoms with Gasteiger partial charge in [0.05, 0.1) is 13.0 Å². The van der Waals surface area contributed by atoms with E-state index < -0.39 is 11.5 Å². The summed E-state index contributed by atoms with van der Waals surface area (Å²) in [6, 6.07) is 6.93. The number of benzene rings is 1. The summed E-state index contributed by atoms with van der Waals surface area (Å²) in [4.78, 5) is 22.4. The molecule has 0 saturated heterocycles. The Kier molecular flexibility index (Phi) is 6.02. The highest BCUT2D eigenvalue weighted by atomic mass is 16.5. The van der Waals surface area contributed by atoms with Gasteiger partial charge in [0, 0.05) is 5.54 Å². The minimum Gasteiger partial charge on any atom is -0.494 e. The average molecular weight is 295 g/mol. The van der Waals surface area contributed by atoms with Gasteiger partial charge in [-0.2, -0.15) is 0 Å². The number of ether oxygens (including phenoxy) is 2. The van der Waals surface area contributed by atoms with Crippen molar-refractivity contribution in [2.45, 2.75) is 32.7 Å². The van der Waals surface area contributed by atoms with E-state index in [0.717, 1.165) is 5.75 Å². The van der Waals surface area contributed by atoms with E-state index in [1.54, 1.807) is 38.1 Å². The van der Waals surface area contributed by atoms with Crippen LogP contribution in [0.15, 0.2) is 24.3 Å². The molecule has 0 saturated carbocycles. The lowest BCUT2D eigenvalue weighted by molar-refractivity contribution is -0.138. The van der Waals surface area contributed by atoms with Crippen LogP contribution < -0.4 is 14.8 Å². The summed E-state index contributed by atoms with van der Waals surface area (Å²) in [7, 11) is 0. The van der Waals surface area contributed by atoms with Crippen LogP contribution in [-0.2, 0) is 9.59 Å². The van der Waals surface area contributed by atoms with Gasteiger partial charge in [-0.3, -0.25) is 9.59 Å². The quantitative estimate of drug-likeness (QED) is 0.764. The largest absolute Gasteiger partial charge is 0.494 e.